The fourth-order valence-electron chi connectivity index (χ4n) is 5.57. The normalized spacial score (nSPS) is 20.6. The van der Waals surface area contributed by atoms with E-state index in [0.29, 0.717) is 17.9 Å². The number of fused-ring (bicyclic) bond motifs is 1. The van der Waals surface area contributed by atoms with E-state index >= 15 is 0 Å². The van der Waals surface area contributed by atoms with Gasteiger partial charge in [0.15, 0.2) is 0 Å². The maximum Gasteiger partial charge on any atom is 0.337 e. The predicted octanol–water partition coefficient (Wildman–Crippen LogP) is 5.48. The van der Waals surface area contributed by atoms with Gasteiger partial charge >= 0.3 is 5.97 Å². The first kappa shape index (κ1) is 25.0. The molecule has 2 rings (SSSR count). The minimum Gasteiger partial charge on any atom is -0.504 e. The topological polar surface area (TPSA) is 55.8 Å². The minimum absolute atomic E-state index is 0.0431. The molecule has 0 fully saturated rings. The van der Waals surface area contributed by atoms with Gasteiger partial charge in [-0.25, -0.2) is 4.79 Å². The fourth-order valence-corrected chi connectivity index (χ4v) is 5.57. The van der Waals surface area contributed by atoms with Crippen molar-refractivity contribution in [3.8, 4) is 0 Å². The van der Waals surface area contributed by atoms with E-state index in [1.165, 1.54) is 13.4 Å². The lowest BCUT2D eigenvalue weighted by Crippen LogP contribution is -2.45. The number of ether oxygens (including phenoxy) is 2. The molecule has 0 saturated carbocycles. The first-order valence-electron chi connectivity index (χ1n) is 11.5. The Hall–Kier alpha value is -2.30. The highest BCUT2D eigenvalue weighted by molar-refractivity contribution is 6.08. The summed E-state index contributed by atoms with van der Waals surface area (Å²) in [5.74, 6) is 0.0945. The molecule has 1 amide bonds. The number of carbonyl (C=O) groups is 2. The van der Waals surface area contributed by atoms with Gasteiger partial charge in [-0.1, -0.05) is 65.2 Å². The highest BCUT2D eigenvalue weighted by Crippen LogP contribution is 2.51. The molecule has 1 aliphatic rings. The Balaban J connectivity index is 2.56. The predicted molar refractivity (Wildman–Crippen MR) is 125 cm³/mol. The third kappa shape index (κ3) is 4.51. The third-order valence-electron chi connectivity index (χ3n) is 7.21. The summed E-state index contributed by atoms with van der Waals surface area (Å²) in [6.45, 7) is 8.60. The first-order chi connectivity index (χ1) is 14.8. The van der Waals surface area contributed by atoms with E-state index in [1.807, 2.05) is 25.2 Å². The molecular weight excluding hydrogens is 390 g/mol. The molecule has 1 aromatic rings. The van der Waals surface area contributed by atoms with Crippen LogP contribution in [0.4, 0.5) is 5.69 Å². The van der Waals surface area contributed by atoms with Crippen LogP contribution >= 0.6 is 0 Å². The van der Waals surface area contributed by atoms with Crippen LogP contribution in [0, 0.1) is 17.8 Å². The van der Waals surface area contributed by atoms with Gasteiger partial charge in [0.1, 0.15) is 0 Å². The molecular formula is C26H39NO4. The molecule has 0 aliphatic carbocycles. The molecule has 0 bridgehead atoms. The average molecular weight is 430 g/mol. The van der Waals surface area contributed by atoms with Gasteiger partial charge in [-0.05, 0) is 42.2 Å². The van der Waals surface area contributed by atoms with E-state index in [0.717, 1.165) is 36.9 Å². The van der Waals surface area contributed by atoms with Crippen LogP contribution in [0.5, 0.6) is 0 Å². The van der Waals surface area contributed by atoms with Crippen LogP contribution in [0.1, 0.15) is 65.4 Å². The average Bonchev–Trinajstić information content (AvgIpc) is 3.00. The van der Waals surface area contributed by atoms with E-state index in [9.17, 15) is 9.59 Å². The minimum atomic E-state index is -0.585. The van der Waals surface area contributed by atoms with Crippen molar-refractivity contribution in [1.29, 1.82) is 0 Å². The number of amides is 1. The monoisotopic (exact) mass is 429 g/mol. The Morgan fingerprint density at radius 3 is 2.35 bits per heavy atom. The van der Waals surface area contributed by atoms with Gasteiger partial charge in [-0.15, -0.1) is 0 Å². The van der Waals surface area contributed by atoms with Crippen molar-refractivity contribution < 1.29 is 19.1 Å². The molecule has 1 unspecified atom stereocenters. The van der Waals surface area contributed by atoms with Crippen LogP contribution in [-0.4, -0.2) is 33.1 Å². The summed E-state index contributed by atoms with van der Waals surface area (Å²) in [5.41, 5.74) is 2.07. The fraction of sp³-hybridized carbons (Fsp3) is 0.615. The maximum absolute atomic E-state index is 13.7. The Bertz CT molecular complexity index is 798. The number of likely N-dealkylation sites (N-methyl/N-ethyl adjacent to an activating group) is 1. The molecule has 31 heavy (non-hydrogen) atoms. The van der Waals surface area contributed by atoms with Gasteiger partial charge in [0.05, 0.1) is 31.5 Å². The number of carbonyl (C=O) groups excluding carboxylic acids is 2. The second-order valence-corrected chi connectivity index (χ2v) is 8.72. The van der Waals surface area contributed by atoms with Crippen molar-refractivity contribution in [1.82, 2.24) is 0 Å². The van der Waals surface area contributed by atoms with E-state index in [2.05, 4.69) is 33.8 Å². The van der Waals surface area contributed by atoms with E-state index in [1.54, 1.807) is 12.0 Å². The van der Waals surface area contributed by atoms with Crippen molar-refractivity contribution in [2.24, 2.45) is 17.8 Å². The summed E-state index contributed by atoms with van der Waals surface area (Å²) in [7, 11) is 4.83. The number of nitrogens with zero attached hydrogens (tertiary/aromatic N) is 1. The number of benzene rings is 1. The van der Waals surface area contributed by atoms with E-state index < -0.39 is 5.41 Å². The molecule has 0 N–H and O–H groups in total. The maximum atomic E-state index is 13.7. The van der Waals surface area contributed by atoms with Crippen LogP contribution < -0.4 is 4.90 Å². The lowest BCUT2D eigenvalue weighted by Gasteiger charge is -2.38. The van der Waals surface area contributed by atoms with Gasteiger partial charge < -0.3 is 14.4 Å². The van der Waals surface area contributed by atoms with Crippen molar-refractivity contribution in [3.05, 3.63) is 41.7 Å². The number of methoxy groups -OCH3 is 2. The van der Waals surface area contributed by atoms with Gasteiger partial charge in [0.25, 0.3) is 0 Å². The van der Waals surface area contributed by atoms with Crippen molar-refractivity contribution in [2.75, 3.05) is 26.2 Å². The van der Waals surface area contributed by atoms with E-state index in [-0.39, 0.29) is 23.7 Å². The number of esters is 1. The molecule has 1 aromatic carbocycles. The molecule has 172 valence electrons. The van der Waals surface area contributed by atoms with Gasteiger partial charge in [-0.3, -0.25) is 4.79 Å². The molecule has 5 heteroatoms. The molecule has 0 aromatic heterocycles. The zero-order valence-electron chi connectivity index (χ0n) is 20.2. The quantitative estimate of drug-likeness (QED) is 0.265. The molecule has 0 spiro atoms. The standard InChI is InChI=1S/C26H39NO4/c1-8-15-26(22-13-11-12-14-23(22)27(5)25(26)29)18(4)16-20(19(9-2)10-3)21(17-30-6)24(28)31-7/h11-14,17-20H,8-10,15-16H2,1-7H3/b21-17+/t18?,20-,26-/m0/s1. The summed E-state index contributed by atoms with van der Waals surface area (Å²) in [5, 5.41) is 0. The van der Waals surface area contributed by atoms with Crippen molar-refractivity contribution in [2.45, 2.75) is 65.2 Å². The number of anilines is 1. The van der Waals surface area contributed by atoms with Gasteiger partial charge in [0.2, 0.25) is 5.91 Å². The lowest BCUT2D eigenvalue weighted by molar-refractivity contribution is -0.137. The highest BCUT2D eigenvalue weighted by Gasteiger charge is 2.53. The van der Waals surface area contributed by atoms with Crippen LogP contribution in [0.15, 0.2) is 36.1 Å². The number of rotatable bonds is 11. The van der Waals surface area contributed by atoms with Crippen molar-refractivity contribution in [3.63, 3.8) is 0 Å². The Morgan fingerprint density at radius 1 is 1.16 bits per heavy atom. The van der Waals surface area contributed by atoms with Crippen molar-refractivity contribution >= 4 is 17.6 Å². The Labute approximate surface area is 187 Å². The zero-order valence-corrected chi connectivity index (χ0v) is 20.2. The van der Waals surface area contributed by atoms with Gasteiger partial charge in [0, 0.05) is 12.7 Å². The Kier molecular flexibility index (Phi) is 8.72. The molecule has 3 atom stereocenters. The van der Waals surface area contributed by atoms with Crippen LogP contribution in [0.25, 0.3) is 0 Å². The summed E-state index contributed by atoms with van der Waals surface area (Å²) < 4.78 is 10.4. The lowest BCUT2D eigenvalue weighted by atomic mass is 9.64. The zero-order chi connectivity index (χ0) is 23.2. The second-order valence-electron chi connectivity index (χ2n) is 8.72. The van der Waals surface area contributed by atoms with Crippen LogP contribution in [0.3, 0.4) is 0 Å². The summed E-state index contributed by atoms with van der Waals surface area (Å²) in [6.07, 6.45) is 5.82. The van der Waals surface area contributed by atoms with Crippen LogP contribution in [-0.2, 0) is 24.5 Å². The molecule has 5 nitrogen and oxygen atoms in total. The summed E-state index contributed by atoms with van der Waals surface area (Å²) in [4.78, 5) is 28.1. The second kappa shape index (κ2) is 10.8. The number of hydrogen-bond acceptors (Lipinski definition) is 4. The third-order valence-corrected chi connectivity index (χ3v) is 7.21. The SMILES string of the molecule is CCC[C@@]1(C(C)C[C@H](/C(=C\OC)C(=O)OC)C(CC)CC)C(=O)N(C)c2ccccc21. The first-order valence-corrected chi connectivity index (χ1v) is 11.5. The Morgan fingerprint density at radius 2 is 1.81 bits per heavy atom. The highest BCUT2D eigenvalue weighted by atomic mass is 16.5. The smallest absolute Gasteiger partial charge is 0.337 e. The van der Waals surface area contributed by atoms with E-state index in [4.69, 9.17) is 9.47 Å². The summed E-state index contributed by atoms with van der Waals surface area (Å²) in [6, 6.07) is 8.13. The molecule has 0 radical (unpaired) electrons. The molecule has 1 heterocycles. The number of hydrogen-bond donors (Lipinski definition) is 0. The number of para-hydroxylation sites is 1. The summed E-state index contributed by atoms with van der Waals surface area (Å²) >= 11 is 0. The molecule has 0 saturated heterocycles. The largest absolute Gasteiger partial charge is 0.504 e. The molecule has 1 aliphatic heterocycles. The van der Waals surface area contributed by atoms with Crippen LogP contribution in [0.2, 0.25) is 0 Å². The van der Waals surface area contributed by atoms with Gasteiger partial charge in [-0.2, -0.15) is 0 Å².